The monoisotopic (exact) mass is 236 g/mol. The van der Waals surface area contributed by atoms with Gasteiger partial charge in [0.25, 0.3) is 0 Å². The SMILES string of the molecule is Cc1[nH]nc(NC(=O)C2C(C)(C)C2(C)C)c1N. The van der Waals surface area contributed by atoms with Crippen molar-refractivity contribution in [2.75, 3.05) is 11.1 Å². The molecule has 0 aliphatic heterocycles. The van der Waals surface area contributed by atoms with Crippen molar-refractivity contribution in [3.63, 3.8) is 0 Å². The minimum atomic E-state index is -0.00167. The number of aromatic nitrogens is 2. The van der Waals surface area contributed by atoms with E-state index in [9.17, 15) is 4.79 Å². The Labute approximate surface area is 101 Å². The first kappa shape index (κ1) is 12.0. The van der Waals surface area contributed by atoms with Gasteiger partial charge in [-0.25, -0.2) is 0 Å². The van der Waals surface area contributed by atoms with Crippen LogP contribution in [0, 0.1) is 23.7 Å². The molecule has 0 unspecified atom stereocenters. The molecule has 1 amide bonds. The lowest BCUT2D eigenvalue weighted by molar-refractivity contribution is -0.118. The zero-order chi connectivity index (χ0) is 13.0. The van der Waals surface area contributed by atoms with Gasteiger partial charge in [0.1, 0.15) is 0 Å². The number of carbonyl (C=O) groups is 1. The van der Waals surface area contributed by atoms with E-state index in [2.05, 4.69) is 43.2 Å². The molecule has 5 nitrogen and oxygen atoms in total. The van der Waals surface area contributed by atoms with Gasteiger partial charge in [-0.1, -0.05) is 27.7 Å². The average molecular weight is 236 g/mol. The van der Waals surface area contributed by atoms with Gasteiger partial charge in [-0.2, -0.15) is 5.10 Å². The molecule has 0 saturated heterocycles. The van der Waals surface area contributed by atoms with Crippen molar-refractivity contribution < 1.29 is 4.79 Å². The molecule has 1 saturated carbocycles. The summed E-state index contributed by atoms with van der Waals surface area (Å²) in [6.07, 6.45) is 0. The van der Waals surface area contributed by atoms with Gasteiger partial charge < -0.3 is 11.1 Å². The Morgan fingerprint density at radius 3 is 2.24 bits per heavy atom. The van der Waals surface area contributed by atoms with E-state index in [4.69, 9.17) is 5.73 Å². The van der Waals surface area contributed by atoms with Crippen LogP contribution < -0.4 is 11.1 Å². The van der Waals surface area contributed by atoms with Crippen LogP contribution in [0.1, 0.15) is 33.4 Å². The number of H-pyrrole nitrogens is 1. The van der Waals surface area contributed by atoms with Crippen molar-refractivity contribution in [2.45, 2.75) is 34.6 Å². The third-order valence-electron chi connectivity index (χ3n) is 4.52. The van der Waals surface area contributed by atoms with Crippen LogP contribution in [0.3, 0.4) is 0 Å². The second kappa shape index (κ2) is 3.24. The van der Waals surface area contributed by atoms with Crippen molar-refractivity contribution in [1.29, 1.82) is 0 Å². The van der Waals surface area contributed by atoms with E-state index in [1.54, 1.807) is 0 Å². The maximum absolute atomic E-state index is 12.1. The quantitative estimate of drug-likeness (QED) is 0.733. The molecule has 0 spiro atoms. The van der Waals surface area contributed by atoms with E-state index >= 15 is 0 Å². The predicted molar refractivity (Wildman–Crippen MR) is 67.4 cm³/mol. The minimum Gasteiger partial charge on any atom is -0.394 e. The van der Waals surface area contributed by atoms with E-state index in [-0.39, 0.29) is 22.7 Å². The second-order valence-corrected chi connectivity index (χ2v) is 5.98. The summed E-state index contributed by atoms with van der Waals surface area (Å²) in [7, 11) is 0. The molecule has 5 heteroatoms. The molecule has 1 heterocycles. The van der Waals surface area contributed by atoms with Crippen LogP contribution in [0.4, 0.5) is 11.5 Å². The standard InChI is InChI=1S/C12H20N4O/c1-6-7(13)9(16-15-6)14-10(17)8-11(2,3)12(8,4)5/h8H,13H2,1-5H3,(H2,14,15,16,17). The zero-order valence-corrected chi connectivity index (χ0v) is 11.0. The summed E-state index contributed by atoms with van der Waals surface area (Å²) < 4.78 is 0. The Balaban J connectivity index is 2.13. The molecule has 1 aliphatic rings. The number of rotatable bonds is 2. The van der Waals surface area contributed by atoms with E-state index in [1.807, 2.05) is 6.92 Å². The molecule has 0 aromatic carbocycles. The zero-order valence-electron chi connectivity index (χ0n) is 11.0. The molecule has 0 atom stereocenters. The van der Waals surface area contributed by atoms with Gasteiger partial charge in [-0.3, -0.25) is 9.89 Å². The van der Waals surface area contributed by atoms with E-state index in [0.29, 0.717) is 11.5 Å². The molecule has 0 bridgehead atoms. The lowest BCUT2D eigenvalue weighted by atomic mass is 10.0. The molecule has 1 aliphatic carbocycles. The third-order valence-corrected chi connectivity index (χ3v) is 4.52. The van der Waals surface area contributed by atoms with Gasteiger partial charge in [0.15, 0.2) is 5.82 Å². The van der Waals surface area contributed by atoms with Crippen molar-refractivity contribution >= 4 is 17.4 Å². The van der Waals surface area contributed by atoms with Gasteiger partial charge in [0.2, 0.25) is 5.91 Å². The van der Waals surface area contributed by atoms with Gasteiger partial charge >= 0.3 is 0 Å². The van der Waals surface area contributed by atoms with Crippen molar-refractivity contribution in [2.24, 2.45) is 16.7 Å². The lowest BCUT2D eigenvalue weighted by Gasteiger charge is -2.04. The highest BCUT2D eigenvalue weighted by molar-refractivity contribution is 5.97. The molecule has 4 N–H and O–H groups in total. The first-order chi connectivity index (χ1) is 7.69. The predicted octanol–water partition coefficient (Wildman–Crippen LogP) is 1.92. The first-order valence-electron chi connectivity index (χ1n) is 5.81. The van der Waals surface area contributed by atoms with Gasteiger partial charge in [-0.15, -0.1) is 0 Å². The Bertz CT molecular complexity index is 459. The van der Waals surface area contributed by atoms with Crippen LogP contribution >= 0.6 is 0 Å². The Morgan fingerprint density at radius 2 is 1.88 bits per heavy atom. The normalized spacial score (nSPS) is 21.2. The fourth-order valence-corrected chi connectivity index (χ4v) is 2.57. The number of nitrogens with one attached hydrogen (secondary N) is 2. The molecular formula is C12H20N4O. The number of nitrogens with two attached hydrogens (primary N) is 1. The van der Waals surface area contributed by atoms with Crippen molar-refractivity contribution in [3.8, 4) is 0 Å². The second-order valence-electron chi connectivity index (χ2n) is 5.98. The summed E-state index contributed by atoms with van der Waals surface area (Å²) in [6.45, 7) is 10.3. The summed E-state index contributed by atoms with van der Waals surface area (Å²) in [6, 6.07) is 0. The van der Waals surface area contributed by atoms with Crippen LogP contribution in [0.2, 0.25) is 0 Å². The maximum Gasteiger partial charge on any atom is 0.229 e. The average Bonchev–Trinajstić information content (AvgIpc) is 2.46. The molecule has 2 rings (SSSR count). The number of nitrogens with zero attached hydrogens (tertiary/aromatic N) is 1. The highest BCUT2D eigenvalue weighted by Gasteiger charge is 2.68. The van der Waals surface area contributed by atoms with Crippen molar-refractivity contribution in [1.82, 2.24) is 10.2 Å². The molecule has 1 aromatic rings. The number of amides is 1. The van der Waals surface area contributed by atoms with E-state index < -0.39 is 0 Å². The lowest BCUT2D eigenvalue weighted by Crippen LogP contribution is -2.18. The molecule has 1 aromatic heterocycles. The summed E-state index contributed by atoms with van der Waals surface area (Å²) in [5.74, 6) is 0.440. The molecular weight excluding hydrogens is 216 g/mol. The van der Waals surface area contributed by atoms with E-state index in [0.717, 1.165) is 5.69 Å². The number of nitrogen functional groups attached to an aromatic ring is 1. The van der Waals surface area contributed by atoms with Crippen LogP contribution in [-0.4, -0.2) is 16.1 Å². The minimum absolute atomic E-state index is 0.00167. The fourth-order valence-electron chi connectivity index (χ4n) is 2.57. The van der Waals surface area contributed by atoms with E-state index in [1.165, 1.54) is 0 Å². The Hall–Kier alpha value is -1.52. The maximum atomic E-state index is 12.1. The molecule has 94 valence electrons. The topological polar surface area (TPSA) is 83.8 Å². The number of carbonyl (C=O) groups excluding carboxylic acids is 1. The largest absolute Gasteiger partial charge is 0.394 e. The van der Waals surface area contributed by atoms with Crippen molar-refractivity contribution in [3.05, 3.63) is 5.69 Å². The summed E-state index contributed by atoms with van der Waals surface area (Å²) in [5.41, 5.74) is 7.13. The third kappa shape index (κ3) is 1.52. The highest BCUT2D eigenvalue weighted by Crippen LogP contribution is 2.68. The summed E-state index contributed by atoms with van der Waals surface area (Å²) in [4.78, 5) is 12.1. The van der Waals surface area contributed by atoms with Crippen LogP contribution in [-0.2, 0) is 4.79 Å². The first-order valence-corrected chi connectivity index (χ1v) is 5.81. The molecule has 17 heavy (non-hydrogen) atoms. The smallest absolute Gasteiger partial charge is 0.229 e. The Morgan fingerprint density at radius 1 is 1.35 bits per heavy atom. The van der Waals surface area contributed by atoms with Gasteiger partial charge in [-0.05, 0) is 17.8 Å². The van der Waals surface area contributed by atoms with Gasteiger partial charge in [0.05, 0.1) is 11.4 Å². The summed E-state index contributed by atoms with van der Waals surface area (Å²) >= 11 is 0. The van der Waals surface area contributed by atoms with Gasteiger partial charge in [0, 0.05) is 5.92 Å². The van der Waals surface area contributed by atoms with Crippen LogP contribution in [0.25, 0.3) is 0 Å². The molecule has 1 fully saturated rings. The number of anilines is 2. The number of hydrogen-bond donors (Lipinski definition) is 3. The summed E-state index contributed by atoms with van der Waals surface area (Å²) in [5, 5.41) is 9.53. The number of aryl methyl sites for hydroxylation is 1. The Kier molecular flexibility index (Phi) is 2.28. The number of hydrogen-bond acceptors (Lipinski definition) is 3. The van der Waals surface area contributed by atoms with Crippen LogP contribution in [0.5, 0.6) is 0 Å². The fraction of sp³-hybridized carbons (Fsp3) is 0.667. The number of aromatic amines is 1. The molecule has 0 radical (unpaired) electrons. The highest BCUT2D eigenvalue weighted by atomic mass is 16.2. The van der Waals surface area contributed by atoms with Crippen LogP contribution in [0.15, 0.2) is 0 Å².